The molecule has 0 amide bonds. The lowest BCUT2D eigenvalue weighted by Gasteiger charge is -2.09. The average molecular weight is 399 g/mol. The van der Waals surface area contributed by atoms with Crippen LogP contribution in [0, 0.1) is 13.8 Å². The largest absolute Gasteiger partial charge is 0.456 e. The number of aromatic nitrogens is 1. The number of fused-ring (bicyclic) bond motifs is 4. The number of benzene rings is 4. The first-order valence-electron chi connectivity index (χ1n) is 10.5. The van der Waals surface area contributed by atoms with Gasteiger partial charge in [0, 0.05) is 22.5 Å². The van der Waals surface area contributed by atoms with E-state index >= 15 is 0 Å². The first kappa shape index (κ1) is 17.9. The van der Waals surface area contributed by atoms with Crippen molar-refractivity contribution in [2.24, 2.45) is 0 Å². The van der Waals surface area contributed by atoms with Crippen LogP contribution >= 0.6 is 0 Å². The molecule has 6 rings (SSSR count). The normalized spacial score (nSPS) is 11.5. The minimum Gasteiger partial charge on any atom is -0.456 e. The van der Waals surface area contributed by atoms with E-state index in [0.29, 0.717) is 0 Å². The Balaban J connectivity index is 1.51. The number of hydrogen-bond donors (Lipinski definition) is 0. The van der Waals surface area contributed by atoms with Gasteiger partial charge >= 0.3 is 0 Å². The molecule has 0 unspecified atom stereocenters. The molecular weight excluding hydrogens is 378 g/mol. The Morgan fingerprint density at radius 2 is 1.48 bits per heavy atom. The Bertz CT molecular complexity index is 1590. The number of rotatable bonds is 2. The molecule has 0 aliphatic heterocycles. The summed E-state index contributed by atoms with van der Waals surface area (Å²) in [6.07, 6.45) is 1.95. The van der Waals surface area contributed by atoms with Gasteiger partial charge in [-0.2, -0.15) is 0 Å². The maximum atomic E-state index is 6.26. The average Bonchev–Trinajstić information content (AvgIpc) is 3.15. The summed E-state index contributed by atoms with van der Waals surface area (Å²) in [6.45, 7) is 4.23. The van der Waals surface area contributed by atoms with Gasteiger partial charge in [-0.3, -0.25) is 4.98 Å². The molecule has 4 aromatic carbocycles. The molecule has 0 atom stereocenters. The van der Waals surface area contributed by atoms with Gasteiger partial charge in [-0.1, -0.05) is 60.2 Å². The SMILES string of the molecule is Cc1ccc2cc3oc4cc(-c5cc(-c6ccccc6)c(C)cn5)ccc4c3cc2c1. The molecule has 0 bridgehead atoms. The molecule has 2 heterocycles. The highest BCUT2D eigenvalue weighted by atomic mass is 16.3. The summed E-state index contributed by atoms with van der Waals surface area (Å²) in [5.41, 5.74) is 8.67. The van der Waals surface area contributed by atoms with Crippen LogP contribution in [0.1, 0.15) is 11.1 Å². The lowest BCUT2D eigenvalue weighted by Crippen LogP contribution is -1.89. The van der Waals surface area contributed by atoms with Gasteiger partial charge in [0.1, 0.15) is 11.2 Å². The minimum absolute atomic E-state index is 0.892. The molecule has 0 N–H and O–H groups in total. The molecule has 2 nitrogen and oxygen atoms in total. The number of hydrogen-bond acceptors (Lipinski definition) is 2. The fourth-order valence-electron chi connectivity index (χ4n) is 4.41. The fourth-order valence-corrected chi connectivity index (χ4v) is 4.41. The van der Waals surface area contributed by atoms with Gasteiger partial charge in [-0.25, -0.2) is 0 Å². The van der Waals surface area contributed by atoms with E-state index in [2.05, 4.69) is 92.7 Å². The van der Waals surface area contributed by atoms with E-state index in [-0.39, 0.29) is 0 Å². The van der Waals surface area contributed by atoms with E-state index in [4.69, 9.17) is 9.40 Å². The molecule has 0 radical (unpaired) electrons. The molecule has 6 aromatic rings. The number of nitrogens with zero attached hydrogens (tertiary/aromatic N) is 1. The van der Waals surface area contributed by atoms with Crippen LogP contribution in [-0.4, -0.2) is 4.98 Å². The van der Waals surface area contributed by atoms with Crippen molar-refractivity contribution in [1.29, 1.82) is 0 Å². The molecule has 0 saturated heterocycles. The topological polar surface area (TPSA) is 26.0 Å². The highest BCUT2D eigenvalue weighted by molar-refractivity contribution is 6.10. The van der Waals surface area contributed by atoms with Crippen LogP contribution in [0.2, 0.25) is 0 Å². The number of aryl methyl sites for hydroxylation is 2. The Labute approximate surface area is 180 Å². The lowest BCUT2D eigenvalue weighted by molar-refractivity contribution is 0.669. The van der Waals surface area contributed by atoms with E-state index in [1.54, 1.807) is 0 Å². The van der Waals surface area contributed by atoms with Crippen molar-refractivity contribution in [3.05, 3.63) is 102 Å². The van der Waals surface area contributed by atoms with Gasteiger partial charge in [0.2, 0.25) is 0 Å². The Morgan fingerprint density at radius 3 is 2.35 bits per heavy atom. The molecular formula is C29H21NO. The van der Waals surface area contributed by atoms with Gasteiger partial charge in [0.15, 0.2) is 0 Å². The molecule has 31 heavy (non-hydrogen) atoms. The van der Waals surface area contributed by atoms with Gasteiger partial charge < -0.3 is 4.42 Å². The Morgan fingerprint density at radius 1 is 0.645 bits per heavy atom. The van der Waals surface area contributed by atoms with Crippen molar-refractivity contribution in [2.45, 2.75) is 13.8 Å². The van der Waals surface area contributed by atoms with E-state index in [9.17, 15) is 0 Å². The van der Waals surface area contributed by atoms with Gasteiger partial charge in [-0.05, 0) is 71.6 Å². The van der Waals surface area contributed by atoms with Crippen LogP contribution in [0.4, 0.5) is 0 Å². The van der Waals surface area contributed by atoms with Crippen molar-refractivity contribution >= 4 is 32.7 Å². The quantitative estimate of drug-likeness (QED) is 0.294. The minimum atomic E-state index is 0.892. The maximum Gasteiger partial charge on any atom is 0.136 e. The summed E-state index contributed by atoms with van der Waals surface area (Å²) in [5.74, 6) is 0. The van der Waals surface area contributed by atoms with Crippen LogP contribution in [0.15, 0.2) is 95.5 Å². The van der Waals surface area contributed by atoms with Crippen LogP contribution in [0.3, 0.4) is 0 Å². The second kappa shape index (κ2) is 6.82. The second-order valence-corrected chi connectivity index (χ2v) is 8.26. The summed E-state index contributed by atoms with van der Waals surface area (Å²) in [7, 11) is 0. The molecule has 148 valence electrons. The van der Waals surface area contributed by atoms with Crippen LogP contribution in [0.25, 0.3) is 55.1 Å². The monoisotopic (exact) mass is 399 g/mol. The van der Waals surface area contributed by atoms with Crippen LogP contribution in [0.5, 0.6) is 0 Å². The summed E-state index contributed by atoms with van der Waals surface area (Å²) >= 11 is 0. The molecule has 0 aliphatic carbocycles. The van der Waals surface area contributed by atoms with Crippen LogP contribution in [-0.2, 0) is 0 Å². The van der Waals surface area contributed by atoms with Crippen molar-refractivity contribution in [3.63, 3.8) is 0 Å². The molecule has 0 fully saturated rings. The summed E-state index contributed by atoms with van der Waals surface area (Å²) in [5, 5.41) is 4.73. The standard InChI is InChI=1S/C29H21NO/c1-18-8-9-21-14-29-26(13-23(21)12-18)24-11-10-22(15-28(24)31-29)27-16-25(19(2)17-30-27)20-6-4-3-5-7-20/h3-17H,1-2H3. The third kappa shape index (κ3) is 3.00. The fraction of sp³-hybridized carbons (Fsp3) is 0.0690. The maximum absolute atomic E-state index is 6.26. The summed E-state index contributed by atoms with van der Waals surface area (Å²) in [4.78, 5) is 4.71. The predicted octanol–water partition coefficient (Wildman–Crippen LogP) is 8.09. The Kier molecular flexibility index (Phi) is 3.94. The van der Waals surface area contributed by atoms with Crippen molar-refractivity contribution in [3.8, 4) is 22.4 Å². The zero-order valence-electron chi connectivity index (χ0n) is 17.5. The first-order chi connectivity index (χ1) is 15.2. The van der Waals surface area contributed by atoms with Crippen molar-refractivity contribution in [1.82, 2.24) is 4.98 Å². The highest BCUT2D eigenvalue weighted by Crippen LogP contribution is 2.35. The van der Waals surface area contributed by atoms with Gasteiger partial charge in [0.25, 0.3) is 0 Å². The molecule has 0 spiro atoms. The third-order valence-corrected chi connectivity index (χ3v) is 6.07. The van der Waals surface area contributed by atoms with E-state index < -0.39 is 0 Å². The highest BCUT2D eigenvalue weighted by Gasteiger charge is 2.12. The molecule has 2 heteroatoms. The molecule has 2 aromatic heterocycles. The number of pyridine rings is 1. The van der Waals surface area contributed by atoms with E-state index in [1.165, 1.54) is 33.0 Å². The van der Waals surface area contributed by atoms with Crippen LogP contribution < -0.4 is 0 Å². The summed E-state index contributed by atoms with van der Waals surface area (Å²) in [6, 6.07) is 29.9. The van der Waals surface area contributed by atoms with E-state index in [1.807, 2.05) is 12.3 Å². The van der Waals surface area contributed by atoms with Gasteiger partial charge in [0.05, 0.1) is 5.69 Å². The summed E-state index contributed by atoms with van der Waals surface area (Å²) < 4.78 is 6.26. The Hall–Kier alpha value is -3.91. The zero-order chi connectivity index (χ0) is 20.9. The number of furan rings is 1. The van der Waals surface area contributed by atoms with Crippen molar-refractivity contribution < 1.29 is 4.42 Å². The molecule has 0 aliphatic rings. The van der Waals surface area contributed by atoms with Gasteiger partial charge in [-0.15, -0.1) is 0 Å². The van der Waals surface area contributed by atoms with E-state index in [0.717, 1.165) is 33.2 Å². The predicted molar refractivity (Wildman–Crippen MR) is 129 cm³/mol. The third-order valence-electron chi connectivity index (χ3n) is 6.07. The zero-order valence-corrected chi connectivity index (χ0v) is 17.5. The first-order valence-corrected chi connectivity index (χ1v) is 10.5. The smallest absolute Gasteiger partial charge is 0.136 e. The van der Waals surface area contributed by atoms with Crippen molar-refractivity contribution in [2.75, 3.05) is 0 Å². The second-order valence-electron chi connectivity index (χ2n) is 8.26. The molecule has 0 saturated carbocycles. The lowest BCUT2D eigenvalue weighted by atomic mass is 9.99.